The predicted molar refractivity (Wildman–Crippen MR) is 59.3 cm³/mol. The number of rotatable bonds is 2. The summed E-state index contributed by atoms with van der Waals surface area (Å²) in [6, 6.07) is -0.487. The highest BCUT2D eigenvalue weighted by atomic mass is 16.4. The molecule has 0 aromatic rings. The Morgan fingerprint density at radius 2 is 1.69 bits per heavy atom. The topological polar surface area (TPSA) is 64.1 Å². The number of hydrogen-bond acceptors (Lipinski definition) is 3. The maximum atomic E-state index is 11.6. The quantitative estimate of drug-likeness (QED) is 0.709. The summed E-state index contributed by atoms with van der Waals surface area (Å²) in [7, 11) is 3.43. The summed E-state index contributed by atoms with van der Waals surface area (Å²) in [6.07, 6.45) is 0. The van der Waals surface area contributed by atoms with E-state index in [1.165, 1.54) is 4.90 Å². The van der Waals surface area contributed by atoms with E-state index < -0.39 is 12.0 Å². The zero-order chi connectivity index (χ0) is 12.3. The van der Waals surface area contributed by atoms with E-state index in [1.807, 2.05) is 4.90 Å². The van der Waals surface area contributed by atoms with Gasteiger partial charge in [-0.05, 0) is 6.92 Å². The van der Waals surface area contributed by atoms with Gasteiger partial charge in [0.1, 0.15) is 6.04 Å². The number of carboxylic acids is 1. The molecule has 0 aromatic heterocycles. The normalized spacial score (nSPS) is 19.3. The van der Waals surface area contributed by atoms with Crippen LogP contribution in [0.25, 0.3) is 0 Å². The summed E-state index contributed by atoms with van der Waals surface area (Å²) in [4.78, 5) is 27.6. The number of urea groups is 1. The Hall–Kier alpha value is -1.30. The summed E-state index contributed by atoms with van der Waals surface area (Å²) in [6.45, 7) is 4.09. The summed E-state index contributed by atoms with van der Waals surface area (Å²) >= 11 is 0. The Bertz CT molecular complexity index is 272. The van der Waals surface area contributed by atoms with E-state index >= 15 is 0 Å². The van der Waals surface area contributed by atoms with Crippen molar-refractivity contribution in [1.82, 2.24) is 14.7 Å². The van der Waals surface area contributed by atoms with E-state index in [1.54, 1.807) is 25.9 Å². The lowest BCUT2D eigenvalue weighted by Gasteiger charge is -2.37. The van der Waals surface area contributed by atoms with Crippen LogP contribution in [0, 0.1) is 0 Å². The first-order valence-corrected chi connectivity index (χ1v) is 5.36. The third-order valence-electron chi connectivity index (χ3n) is 2.87. The molecule has 0 aromatic carbocycles. The van der Waals surface area contributed by atoms with Gasteiger partial charge in [-0.3, -0.25) is 9.69 Å². The van der Waals surface area contributed by atoms with Crippen molar-refractivity contribution in [1.29, 1.82) is 0 Å². The zero-order valence-electron chi connectivity index (χ0n) is 10.0. The van der Waals surface area contributed by atoms with E-state index in [0.29, 0.717) is 26.2 Å². The predicted octanol–water partition coefficient (Wildman–Crippen LogP) is -0.241. The third kappa shape index (κ3) is 2.85. The van der Waals surface area contributed by atoms with Crippen molar-refractivity contribution >= 4 is 12.0 Å². The van der Waals surface area contributed by atoms with Crippen molar-refractivity contribution in [3.63, 3.8) is 0 Å². The van der Waals surface area contributed by atoms with Gasteiger partial charge in [0.05, 0.1) is 0 Å². The summed E-state index contributed by atoms with van der Waals surface area (Å²) in [5.74, 6) is -0.813. The molecule has 0 spiro atoms. The standard InChI is InChI=1S/C10H19N3O3/c1-8(9(14)15)12-4-6-13(7-5-12)10(16)11(2)3/h8H,4-7H2,1-3H3,(H,14,15). The number of carbonyl (C=O) groups is 2. The van der Waals surface area contributed by atoms with Crippen molar-refractivity contribution < 1.29 is 14.7 Å². The van der Waals surface area contributed by atoms with Crippen molar-refractivity contribution in [2.75, 3.05) is 40.3 Å². The molecule has 1 unspecified atom stereocenters. The van der Waals surface area contributed by atoms with Gasteiger partial charge in [-0.25, -0.2) is 4.79 Å². The third-order valence-corrected chi connectivity index (χ3v) is 2.87. The van der Waals surface area contributed by atoms with Gasteiger partial charge in [0, 0.05) is 40.3 Å². The number of aliphatic carboxylic acids is 1. The highest BCUT2D eigenvalue weighted by Gasteiger charge is 2.27. The second-order valence-electron chi connectivity index (χ2n) is 4.21. The van der Waals surface area contributed by atoms with Crippen molar-refractivity contribution in [2.24, 2.45) is 0 Å². The lowest BCUT2D eigenvalue weighted by atomic mass is 10.2. The molecular weight excluding hydrogens is 210 g/mol. The Kier molecular flexibility index (Phi) is 4.12. The van der Waals surface area contributed by atoms with Crippen LogP contribution >= 0.6 is 0 Å². The fourth-order valence-electron chi connectivity index (χ4n) is 1.74. The summed E-state index contributed by atoms with van der Waals surface area (Å²) in [5.41, 5.74) is 0. The van der Waals surface area contributed by atoms with Gasteiger partial charge < -0.3 is 14.9 Å². The maximum absolute atomic E-state index is 11.6. The Morgan fingerprint density at radius 3 is 2.06 bits per heavy atom. The number of nitrogens with zero attached hydrogens (tertiary/aromatic N) is 3. The first-order chi connectivity index (χ1) is 7.43. The molecular formula is C10H19N3O3. The average Bonchev–Trinajstić information content (AvgIpc) is 2.27. The smallest absolute Gasteiger partial charge is 0.320 e. The molecule has 0 aliphatic carbocycles. The van der Waals surface area contributed by atoms with E-state index in [-0.39, 0.29) is 6.03 Å². The van der Waals surface area contributed by atoms with Crippen LogP contribution in [0.3, 0.4) is 0 Å². The SMILES string of the molecule is CC(C(=O)O)N1CCN(C(=O)N(C)C)CC1. The van der Waals surface area contributed by atoms with Crippen LogP contribution in [0.5, 0.6) is 0 Å². The van der Waals surface area contributed by atoms with Gasteiger partial charge >= 0.3 is 12.0 Å². The van der Waals surface area contributed by atoms with E-state index in [2.05, 4.69) is 0 Å². The lowest BCUT2D eigenvalue weighted by Crippen LogP contribution is -2.54. The molecule has 0 saturated carbocycles. The van der Waals surface area contributed by atoms with Gasteiger partial charge in [-0.15, -0.1) is 0 Å². The first-order valence-electron chi connectivity index (χ1n) is 5.36. The molecule has 2 amide bonds. The molecule has 0 bridgehead atoms. The number of carbonyl (C=O) groups excluding carboxylic acids is 1. The minimum Gasteiger partial charge on any atom is -0.480 e. The molecule has 6 nitrogen and oxygen atoms in total. The van der Waals surface area contributed by atoms with Crippen molar-refractivity contribution in [2.45, 2.75) is 13.0 Å². The molecule has 1 rings (SSSR count). The zero-order valence-corrected chi connectivity index (χ0v) is 10.0. The maximum Gasteiger partial charge on any atom is 0.320 e. The first kappa shape index (κ1) is 12.8. The van der Waals surface area contributed by atoms with Gasteiger partial charge in [0.2, 0.25) is 0 Å². The second-order valence-corrected chi connectivity index (χ2v) is 4.21. The number of amides is 2. The summed E-state index contributed by atoms with van der Waals surface area (Å²) < 4.78 is 0. The largest absolute Gasteiger partial charge is 0.480 e. The van der Waals surface area contributed by atoms with Crippen molar-refractivity contribution in [3.05, 3.63) is 0 Å². The summed E-state index contributed by atoms with van der Waals surface area (Å²) in [5, 5.41) is 8.87. The van der Waals surface area contributed by atoms with Gasteiger partial charge in [-0.1, -0.05) is 0 Å². The fourth-order valence-corrected chi connectivity index (χ4v) is 1.74. The average molecular weight is 229 g/mol. The van der Waals surface area contributed by atoms with Crippen molar-refractivity contribution in [3.8, 4) is 0 Å². The molecule has 1 aliphatic heterocycles. The molecule has 92 valence electrons. The van der Waals surface area contributed by atoms with E-state index in [9.17, 15) is 9.59 Å². The minimum atomic E-state index is -0.813. The highest BCUT2D eigenvalue weighted by Crippen LogP contribution is 2.07. The monoisotopic (exact) mass is 229 g/mol. The van der Waals surface area contributed by atoms with Crippen LogP contribution < -0.4 is 0 Å². The second kappa shape index (κ2) is 5.16. The molecule has 6 heteroatoms. The molecule has 0 radical (unpaired) electrons. The van der Waals surface area contributed by atoms with E-state index in [4.69, 9.17) is 5.11 Å². The molecule has 1 heterocycles. The van der Waals surface area contributed by atoms with Crippen LogP contribution in [-0.2, 0) is 4.79 Å². The Morgan fingerprint density at radius 1 is 1.19 bits per heavy atom. The fraction of sp³-hybridized carbons (Fsp3) is 0.800. The number of piperazine rings is 1. The van der Waals surface area contributed by atoms with Crippen LogP contribution in [0.15, 0.2) is 0 Å². The Labute approximate surface area is 95.4 Å². The van der Waals surface area contributed by atoms with Crippen LogP contribution in [-0.4, -0.2) is 78.1 Å². The van der Waals surface area contributed by atoms with E-state index in [0.717, 1.165) is 0 Å². The molecule has 1 fully saturated rings. The van der Waals surface area contributed by atoms with Gasteiger partial charge in [0.15, 0.2) is 0 Å². The lowest BCUT2D eigenvalue weighted by molar-refractivity contribution is -0.143. The van der Waals surface area contributed by atoms with Gasteiger partial charge in [-0.2, -0.15) is 0 Å². The van der Waals surface area contributed by atoms with Gasteiger partial charge in [0.25, 0.3) is 0 Å². The molecule has 1 N–H and O–H groups in total. The number of carboxylic acid groups (broad SMARTS) is 1. The molecule has 1 atom stereocenters. The molecule has 1 saturated heterocycles. The minimum absolute atomic E-state index is 0.0115. The highest BCUT2D eigenvalue weighted by molar-refractivity contribution is 5.74. The Balaban J connectivity index is 2.45. The van der Waals surface area contributed by atoms with Crippen LogP contribution in [0.2, 0.25) is 0 Å². The molecule has 16 heavy (non-hydrogen) atoms. The van der Waals surface area contributed by atoms with Crippen LogP contribution in [0.1, 0.15) is 6.92 Å². The van der Waals surface area contributed by atoms with Crippen LogP contribution in [0.4, 0.5) is 4.79 Å². The number of hydrogen-bond donors (Lipinski definition) is 1. The molecule has 1 aliphatic rings.